The average molecular weight is 902 g/mol. The van der Waals surface area contributed by atoms with Crippen molar-refractivity contribution < 1.29 is 38.6 Å². The number of carbonyl (C=O) groups is 5. The van der Waals surface area contributed by atoms with Gasteiger partial charge in [0, 0.05) is 71.4 Å². The van der Waals surface area contributed by atoms with E-state index < -0.39 is 47.4 Å². The Bertz CT molecular complexity index is 2260. The summed E-state index contributed by atoms with van der Waals surface area (Å²) in [6.07, 6.45) is 2.84. The molecule has 4 atom stereocenters. The van der Waals surface area contributed by atoms with Crippen molar-refractivity contribution >= 4 is 29.5 Å². The maximum atomic E-state index is 14.9. The van der Waals surface area contributed by atoms with Gasteiger partial charge in [0.25, 0.3) is 0 Å². The first kappa shape index (κ1) is 49.2. The zero-order valence-corrected chi connectivity index (χ0v) is 37.6. The second-order valence-electron chi connectivity index (χ2n) is 16.9. The number of hydrogen-bond acceptors (Lipinski definition) is 10. The van der Waals surface area contributed by atoms with Crippen molar-refractivity contribution in [1.82, 2.24) is 31.5 Å². The number of methoxy groups -OCH3 is 1. The number of ether oxygens (including phenoxy) is 2. The number of nitrogens with one attached hydrogen (secondary N) is 5. The van der Waals surface area contributed by atoms with Gasteiger partial charge in [-0.05, 0) is 64.6 Å². The van der Waals surface area contributed by atoms with Gasteiger partial charge in [-0.3, -0.25) is 29.3 Å². The molecule has 66 heavy (non-hydrogen) atoms. The summed E-state index contributed by atoms with van der Waals surface area (Å²) in [6.45, 7) is 2.27. The number of hydrogen-bond donors (Lipinski definition) is 7. The molecule has 0 aliphatic carbocycles. The topological polar surface area (TPSA) is 213 Å². The third-order valence-electron chi connectivity index (χ3n) is 12.0. The normalized spacial score (nSPS) is 21.8. The quantitative estimate of drug-likeness (QED) is 0.0976. The van der Waals surface area contributed by atoms with Gasteiger partial charge in [0.1, 0.15) is 12.3 Å². The molecule has 2 aliphatic rings. The van der Waals surface area contributed by atoms with E-state index in [0.717, 1.165) is 45.0 Å². The molecule has 0 radical (unpaired) electrons. The molecular weight excluding hydrogens is 839 g/mol. The summed E-state index contributed by atoms with van der Waals surface area (Å²) in [5.74, 6) is -2.13. The lowest BCUT2D eigenvalue weighted by molar-refractivity contribution is -0.141. The molecule has 4 aromatic carbocycles. The Morgan fingerprint density at radius 1 is 0.848 bits per heavy atom. The molecule has 1 unspecified atom stereocenters. The third kappa shape index (κ3) is 14.4. The van der Waals surface area contributed by atoms with Crippen molar-refractivity contribution in [1.29, 1.82) is 0 Å². The minimum Gasteiger partial charge on any atom is -0.380 e. The number of aliphatic hydroxyl groups excluding tert-OH is 1. The van der Waals surface area contributed by atoms with Gasteiger partial charge in [0.2, 0.25) is 29.5 Å². The van der Waals surface area contributed by atoms with Crippen LogP contribution in [0.2, 0.25) is 0 Å². The molecule has 8 N–H and O–H groups in total. The Labute approximate surface area is 386 Å². The minimum atomic E-state index is -1.19. The van der Waals surface area contributed by atoms with E-state index in [2.05, 4.69) is 26.6 Å². The first-order valence-electron chi connectivity index (χ1n) is 22.7. The standard InChI is InChI=1S/C51H63N7O8/c1-65-34-38-14-18-40(19-15-38)39-16-12-36(13-17-39)30-44-49(63)55-33-42-11-6-5-10-41(42)31-46(60)56-43(48(62)54-26-29-66-28-24-52)22-25-53-45(59)20-21-47(61)58-27-7-23-51(35-58,50(64)57-44)32-37-8-3-2-4-9-37/h2-6,8-21,43-44,46,56,60H,7,22-35,52H2,1H3,(H,53,59)(H,54,62)(H,55,63)(H,57,64)/b21-20+/t43-,44-,46?,51-/m0/s1. The van der Waals surface area contributed by atoms with Gasteiger partial charge in [-0.1, -0.05) is 103 Å². The van der Waals surface area contributed by atoms with Crippen molar-refractivity contribution in [3.8, 4) is 11.1 Å². The molecule has 0 aromatic heterocycles. The summed E-state index contributed by atoms with van der Waals surface area (Å²) in [6, 6.07) is 31.1. The second-order valence-corrected chi connectivity index (χ2v) is 16.9. The number of amides is 5. The fourth-order valence-corrected chi connectivity index (χ4v) is 8.50. The zero-order chi connectivity index (χ0) is 46.7. The monoisotopic (exact) mass is 901 g/mol. The summed E-state index contributed by atoms with van der Waals surface area (Å²) >= 11 is 0. The van der Waals surface area contributed by atoms with E-state index in [0.29, 0.717) is 45.6 Å². The largest absolute Gasteiger partial charge is 0.380 e. The van der Waals surface area contributed by atoms with Crippen molar-refractivity contribution in [3.63, 3.8) is 0 Å². The van der Waals surface area contributed by atoms with Crippen molar-refractivity contribution in [2.24, 2.45) is 11.1 Å². The molecule has 2 heterocycles. The van der Waals surface area contributed by atoms with Crippen LogP contribution in [0.4, 0.5) is 0 Å². The molecule has 2 aliphatic heterocycles. The predicted octanol–water partition coefficient (Wildman–Crippen LogP) is 2.68. The Hall–Kier alpha value is -6.23. The Morgan fingerprint density at radius 3 is 2.26 bits per heavy atom. The molecule has 0 spiro atoms. The number of nitrogens with two attached hydrogens (primary N) is 1. The van der Waals surface area contributed by atoms with Crippen LogP contribution in [0.3, 0.4) is 0 Å². The van der Waals surface area contributed by atoms with Gasteiger partial charge >= 0.3 is 0 Å². The van der Waals surface area contributed by atoms with Gasteiger partial charge in [0.15, 0.2) is 0 Å². The number of nitrogens with zero attached hydrogens (tertiary/aromatic N) is 1. The summed E-state index contributed by atoms with van der Waals surface area (Å²) < 4.78 is 10.7. The van der Waals surface area contributed by atoms with Crippen LogP contribution in [0, 0.1) is 5.41 Å². The number of fused-ring (bicyclic) bond motifs is 3. The molecule has 350 valence electrons. The predicted molar refractivity (Wildman–Crippen MR) is 251 cm³/mol. The number of carbonyl (C=O) groups excluding carboxylic acids is 5. The second kappa shape index (κ2) is 24.9. The van der Waals surface area contributed by atoms with E-state index >= 15 is 0 Å². The number of rotatable bonds is 13. The fourth-order valence-electron chi connectivity index (χ4n) is 8.50. The maximum Gasteiger partial charge on any atom is 0.246 e. The van der Waals surface area contributed by atoms with Crippen LogP contribution >= 0.6 is 0 Å². The Kier molecular flexibility index (Phi) is 18.6. The highest BCUT2D eigenvalue weighted by molar-refractivity contribution is 5.97. The van der Waals surface area contributed by atoms with Gasteiger partial charge in [-0.15, -0.1) is 0 Å². The highest BCUT2D eigenvalue weighted by Gasteiger charge is 2.44. The maximum absolute atomic E-state index is 14.9. The van der Waals surface area contributed by atoms with Crippen molar-refractivity contribution in [2.45, 2.75) is 70.0 Å². The van der Waals surface area contributed by atoms with Crippen LogP contribution < -0.4 is 32.3 Å². The number of aliphatic hydroxyl groups is 1. The van der Waals surface area contributed by atoms with Crippen molar-refractivity contribution in [3.05, 3.63) is 143 Å². The van der Waals surface area contributed by atoms with E-state index in [4.69, 9.17) is 15.2 Å². The van der Waals surface area contributed by atoms with Crippen LogP contribution in [0.5, 0.6) is 0 Å². The first-order chi connectivity index (χ1) is 32.1. The number of piperidine rings is 1. The van der Waals surface area contributed by atoms with Crippen LogP contribution in [-0.2, 0) is 65.9 Å². The highest BCUT2D eigenvalue weighted by atomic mass is 16.5. The van der Waals surface area contributed by atoms with E-state index in [1.807, 2.05) is 103 Å². The summed E-state index contributed by atoms with van der Waals surface area (Å²) in [5.41, 5.74) is 10.7. The molecule has 15 heteroatoms. The van der Waals surface area contributed by atoms with Gasteiger partial charge in [-0.25, -0.2) is 0 Å². The van der Waals surface area contributed by atoms with E-state index in [9.17, 15) is 29.1 Å². The molecule has 0 saturated carbocycles. The minimum absolute atomic E-state index is 0.0555. The number of benzene rings is 4. The lowest BCUT2D eigenvalue weighted by Crippen LogP contribution is -2.58. The fraction of sp³-hybridized carbons (Fsp3) is 0.392. The SMILES string of the molecule is COCc1ccc(-c2ccc(C[C@@H]3NC(=O)[C@]4(Cc5ccccc5)CCCN(C4)C(=O)/C=C/C(=O)NCC[C@@H](C(=O)NCCOCCN)NC(O)Cc4ccccc4CNC3=O)cc2)cc1. The summed E-state index contributed by atoms with van der Waals surface area (Å²) in [7, 11) is 1.66. The Balaban J connectivity index is 1.30. The molecule has 2 bridgehead atoms. The molecular formula is C51H63N7O8. The van der Waals surface area contributed by atoms with Crippen molar-refractivity contribution in [2.75, 3.05) is 53.0 Å². The van der Waals surface area contributed by atoms with Crippen LogP contribution in [-0.4, -0.2) is 111 Å². The summed E-state index contributed by atoms with van der Waals surface area (Å²) in [4.78, 5) is 71.1. The Morgan fingerprint density at radius 2 is 1.55 bits per heavy atom. The molecule has 1 saturated heterocycles. The van der Waals surface area contributed by atoms with Crippen LogP contribution in [0.15, 0.2) is 115 Å². The van der Waals surface area contributed by atoms with E-state index in [1.54, 1.807) is 12.0 Å². The van der Waals surface area contributed by atoms with E-state index in [-0.39, 0.29) is 58.0 Å². The molecule has 5 amide bonds. The smallest absolute Gasteiger partial charge is 0.246 e. The average Bonchev–Trinajstić information content (AvgIpc) is 3.33. The molecule has 1 fully saturated rings. The lowest BCUT2D eigenvalue weighted by Gasteiger charge is -2.42. The molecule has 15 nitrogen and oxygen atoms in total. The van der Waals surface area contributed by atoms with E-state index in [1.165, 1.54) is 6.08 Å². The zero-order valence-electron chi connectivity index (χ0n) is 37.6. The van der Waals surface area contributed by atoms with Crippen LogP contribution in [0.1, 0.15) is 47.1 Å². The van der Waals surface area contributed by atoms with Gasteiger partial charge in [-0.2, -0.15) is 0 Å². The highest BCUT2D eigenvalue weighted by Crippen LogP contribution is 2.35. The van der Waals surface area contributed by atoms with Gasteiger partial charge in [0.05, 0.1) is 31.3 Å². The third-order valence-corrected chi connectivity index (χ3v) is 12.0. The van der Waals surface area contributed by atoms with Gasteiger partial charge < -0.3 is 46.5 Å². The lowest BCUT2D eigenvalue weighted by atomic mass is 9.74. The first-order valence-corrected chi connectivity index (χ1v) is 22.7. The molecule has 6 rings (SSSR count). The van der Waals surface area contributed by atoms with Crippen LogP contribution in [0.25, 0.3) is 11.1 Å². The summed E-state index contributed by atoms with van der Waals surface area (Å²) in [5, 5.41) is 26.1. The molecule has 4 aromatic rings.